The Morgan fingerprint density at radius 1 is 1.38 bits per heavy atom. The maximum Gasteiger partial charge on any atom is 0.125 e. The van der Waals surface area contributed by atoms with Crippen LogP contribution in [0.1, 0.15) is 32.6 Å². The van der Waals surface area contributed by atoms with Crippen LogP contribution >= 0.6 is 0 Å². The molecule has 0 aliphatic heterocycles. The fourth-order valence-corrected chi connectivity index (χ4v) is 1.70. The van der Waals surface area contributed by atoms with Gasteiger partial charge in [0.05, 0.1) is 0 Å². The van der Waals surface area contributed by atoms with Crippen molar-refractivity contribution < 1.29 is 4.39 Å². The standard InChI is InChI=1S/C13H21FN2/c1-2-3-4-7-13(10-15)16-12-8-5-6-11(14)9-12/h5-6,8-9,13,16H,2-4,7,10,15H2,1H3. The molecule has 0 amide bonds. The number of nitrogens with two attached hydrogens (primary N) is 1. The molecule has 0 fully saturated rings. The Labute approximate surface area is 97.0 Å². The van der Waals surface area contributed by atoms with Crippen LogP contribution in [0.25, 0.3) is 0 Å². The van der Waals surface area contributed by atoms with E-state index < -0.39 is 0 Å². The molecular weight excluding hydrogens is 203 g/mol. The van der Waals surface area contributed by atoms with Crippen LogP contribution in [0.2, 0.25) is 0 Å². The molecule has 3 heteroatoms. The van der Waals surface area contributed by atoms with Gasteiger partial charge in [0.1, 0.15) is 5.82 Å². The number of anilines is 1. The van der Waals surface area contributed by atoms with Gasteiger partial charge in [-0.1, -0.05) is 32.3 Å². The number of unbranched alkanes of at least 4 members (excludes halogenated alkanes) is 2. The van der Waals surface area contributed by atoms with Gasteiger partial charge in [0.2, 0.25) is 0 Å². The van der Waals surface area contributed by atoms with E-state index in [1.165, 1.54) is 31.4 Å². The van der Waals surface area contributed by atoms with E-state index in [-0.39, 0.29) is 11.9 Å². The fourth-order valence-electron chi connectivity index (χ4n) is 1.70. The summed E-state index contributed by atoms with van der Waals surface area (Å²) in [4.78, 5) is 0. The van der Waals surface area contributed by atoms with E-state index in [0.717, 1.165) is 12.1 Å². The van der Waals surface area contributed by atoms with Crippen LogP contribution < -0.4 is 11.1 Å². The lowest BCUT2D eigenvalue weighted by Crippen LogP contribution is -2.28. The highest BCUT2D eigenvalue weighted by molar-refractivity contribution is 5.44. The third-order valence-corrected chi connectivity index (χ3v) is 2.64. The van der Waals surface area contributed by atoms with Crippen molar-refractivity contribution in [3.63, 3.8) is 0 Å². The van der Waals surface area contributed by atoms with E-state index in [4.69, 9.17) is 5.73 Å². The Morgan fingerprint density at radius 3 is 2.81 bits per heavy atom. The van der Waals surface area contributed by atoms with Crippen LogP contribution in [0.15, 0.2) is 24.3 Å². The van der Waals surface area contributed by atoms with Crippen molar-refractivity contribution in [2.24, 2.45) is 5.73 Å². The van der Waals surface area contributed by atoms with Gasteiger partial charge in [0.15, 0.2) is 0 Å². The topological polar surface area (TPSA) is 38.0 Å². The van der Waals surface area contributed by atoms with Crippen LogP contribution in [-0.4, -0.2) is 12.6 Å². The van der Waals surface area contributed by atoms with Crippen molar-refractivity contribution in [2.45, 2.75) is 38.6 Å². The average Bonchev–Trinajstić information content (AvgIpc) is 2.28. The molecule has 0 saturated heterocycles. The first kappa shape index (κ1) is 13.0. The molecule has 90 valence electrons. The lowest BCUT2D eigenvalue weighted by Gasteiger charge is -2.17. The van der Waals surface area contributed by atoms with Crippen LogP contribution in [0.4, 0.5) is 10.1 Å². The lowest BCUT2D eigenvalue weighted by atomic mass is 10.1. The quantitative estimate of drug-likeness (QED) is 0.698. The zero-order valence-electron chi connectivity index (χ0n) is 9.88. The second-order valence-corrected chi connectivity index (χ2v) is 4.08. The van der Waals surface area contributed by atoms with Crippen molar-refractivity contribution in [1.29, 1.82) is 0 Å². The molecule has 0 radical (unpaired) electrons. The average molecular weight is 224 g/mol. The van der Waals surface area contributed by atoms with Gasteiger partial charge in [-0.05, 0) is 24.6 Å². The number of benzene rings is 1. The summed E-state index contributed by atoms with van der Waals surface area (Å²) < 4.78 is 13.0. The Morgan fingerprint density at radius 2 is 2.19 bits per heavy atom. The molecule has 0 spiro atoms. The molecule has 0 heterocycles. The number of hydrogen-bond donors (Lipinski definition) is 2. The van der Waals surface area contributed by atoms with Crippen LogP contribution in [-0.2, 0) is 0 Å². The first-order chi connectivity index (χ1) is 7.76. The van der Waals surface area contributed by atoms with Gasteiger partial charge in [-0.2, -0.15) is 0 Å². The highest BCUT2D eigenvalue weighted by atomic mass is 19.1. The molecule has 3 N–H and O–H groups in total. The molecule has 1 atom stereocenters. The first-order valence-corrected chi connectivity index (χ1v) is 5.98. The zero-order valence-corrected chi connectivity index (χ0v) is 9.88. The van der Waals surface area contributed by atoms with Crippen molar-refractivity contribution in [3.05, 3.63) is 30.1 Å². The van der Waals surface area contributed by atoms with Crippen molar-refractivity contribution >= 4 is 5.69 Å². The second kappa shape index (κ2) is 7.23. The third kappa shape index (κ3) is 4.62. The van der Waals surface area contributed by atoms with Gasteiger partial charge in [0.25, 0.3) is 0 Å². The Bertz CT molecular complexity index is 302. The maximum atomic E-state index is 13.0. The van der Waals surface area contributed by atoms with E-state index in [0.29, 0.717) is 6.54 Å². The Kier molecular flexibility index (Phi) is 5.86. The Balaban J connectivity index is 2.43. The summed E-state index contributed by atoms with van der Waals surface area (Å²) in [5.74, 6) is -0.214. The monoisotopic (exact) mass is 224 g/mol. The highest BCUT2D eigenvalue weighted by Gasteiger charge is 2.06. The molecule has 0 aliphatic rings. The lowest BCUT2D eigenvalue weighted by molar-refractivity contribution is 0.590. The maximum absolute atomic E-state index is 13.0. The van der Waals surface area contributed by atoms with E-state index in [2.05, 4.69) is 12.2 Å². The predicted octanol–water partition coefficient (Wildman–Crippen LogP) is 3.15. The molecule has 1 rings (SSSR count). The smallest absolute Gasteiger partial charge is 0.125 e. The van der Waals surface area contributed by atoms with Crippen molar-refractivity contribution in [2.75, 3.05) is 11.9 Å². The molecule has 1 aromatic rings. The van der Waals surface area contributed by atoms with Gasteiger partial charge in [0, 0.05) is 18.3 Å². The normalized spacial score (nSPS) is 12.4. The summed E-state index contributed by atoms with van der Waals surface area (Å²) in [6.07, 6.45) is 4.64. The highest BCUT2D eigenvalue weighted by Crippen LogP contribution is 2.13. The van der Waals surface area contributed by atoms with Gasteiger partial charge in [-0.15, -0.1) is 0 Å². The number of halogens is 1. The molecule has 2 nitrogen and oxygen atoms in total. The van der Waals surface area contributed by atoms with Crippen LogP contribution in [0.3, 0.4) is 0 Å². The molecule has 1 unspecified atom stereocenters. The number of hydrogen-bond acceptors (Lipinski definition) is 2. The van der Waals surface area contributed by atoms with Gasteiger partial charge >= 0.3 is 0 Å². The summed E-state index contributed by atoms with van der Waals surface area (Å²) in [5.41, 5.74) is 6.50. The summed E-state index contributed by atoms with van der Waals surface area (Å²) >= 11 is 0. The fraction of sp³-hybridized carbons (Fsp3) is 0.538. The summed E-state index contributed by atoms with van der Waals surface area (Å²) in [6.45, 7) is 2.76. The number of nitrogens with one attached hydrogen (secondary N) is 1. The van der Waals surface area contributed by atoms with Crippen molar-refractivity contribution in [3.8, 4) is 0 Å². The molecule has 0 aromatic heterocycles. The predicted molar refractivity (Wildman–Crippen MR) is 67.0 cm³/mol. The molecule has 1 aromatic carbocycles. The SMILES string of the molecule is CCCCCC(CN)Nc1cccc(F)c1. The third-order valence-electron chi connectivity index (χ3n) is 2.64. The summed E-state index contributed by atoms with van der Waals surface area (Å²) in [5, 5.41) is 3.26. The molecule has 0 saturated carbocycles. The minimum Gasteiger partial charge on any atom is -0.381 e. The number of rotatable bonds is 7. The zero-order chi connectivity index (χ0) is 11.8. The van der Waals surface area contributed by atoms with Crippen molar-refractivity contribution in [1.82, 2.24) is 0 Å². The molecule has 0 aliphatic carbocycles. The minimum atomic E-state index is -0.214. The largest absolute Gasteiger partial charge is 0.381 e. The molecular formula is C13H21FN2. The van der Waals surface area contributed by atoms with E-state index in [1.807, 2.05) is 6.07 Å². The van der Waals surface area contributed by atoms with E-state index in [1.54, 1.807) is 6.07 Å². The summed E-state index contributed by atoms with van der Waals surface area (Å²) in [6, 6.07) is 6.76. The van der Waals surface area contributed by atoms with Gasteiger partial charge < -0.3 is 11.1 Å². The molecule has 16 heavy (non-hydrogen) atoms. The minimum absolute atomic E-state index is 0.214. The molecule has 0 bridgehead atoms. The van der Waals surface area contributed by atoms with E-state index >= 15 is 0 Å². The van der Waals surface area contributed by atoms with Gasteiger partial charge in [-0.25, -0.2) is 4.39 Å². The van der Waals surface area contributed by atoms with E-state index in [9.17, 15) is 4.39 Å². The van der Waals surface area contributed by atoms with Crippen LogP contribution in [0, 0.1) is 5.82 Å². The first-order valence-electron chi connectivity index (χ1n) is 5.98. The van der Waals surface area contributed by atoms with Gasteiger partial charge in [-0.3, -0.25) is 0 Å². The Hall–Kier alpha value is -1.09. The second-order valence-electron chi connectivity index (χ2n) is 4.08. The summed E-state index contributed by atoms with van der Waals surface area (Å²) in [7, 11) is 0. The van der Waals surface area contributed by atoms with Crippen LogP contribution in [0.5, 0.6) is 0 Å².